The Morgan fingerprint density at radius 1 is 1.20 bits per heavy atom. The number of hydrogen-bond donors (Lipinski definition) is 1. The largest absolute Gasteiger partial charge is 0.493 e. The highest BCUT2D eigenvalue weighted by molar-refractivity contribution is 7.10. The minimum absolute atomic E-state index is 0.166. The normalized spacial score (nSPS) is 21.4. The number of thiophene rings is 1. The third-order valence-electron chi connectivity index (χ3n) is 4.01. The summed E-state index contributed by atoms with van der Waals surface area (Å²) in [5.41, 5.74) is 8.99. The second kappa shape index (κ2) is 5.46. The molecule has 1 aliphatic rings. The van der Waals surface area contributed by atoms with Gasteiger partial charge in [-0.25, -0.2) is 0 Å². The Hall–Kier alpha value is -1.52. The van der Waals surface area contributed by atoms with Crippen LogP contribution in [-0.2, 0) is 6.42 Å². The van der Waals surface area contributed by atoms with Crippen molar-refractivity contribution in [3.05, 3.63) is 45.6 Å². The van der Waals surface area contributed by atoms with Gasteiger partial charge in [0.25, 0.3) is 0 Å². The molecule has 2 atom stereocenters. The van der Waals surface area contributed by atoms with E-state index in [0.717, 1.165) is 24.3 Å². The van der Waals surface area contributed by atoms with Crippen LogP contribution in [0.2, 0.25) is 0 Å². The zero-order valence-electron chi connectivity index (χ0n) is 11.8. The summed E-state index contributed by atoms with van der Waals surface area (Å²) in [5.74, 6) is 1.84. The molecule has 0 amide bonds. The van der Waals surface area contributed by atoms with Crippen LogP contribution in [0.25, 0.3) is 0 Å². The fraction of sp³-hybridized carbons (Fsp3) is 0.375. The van der Waals surface area contributed by atoms with Gasteiger partial charge >= 0.3 is 0 Å². The third-order valence-corrected chi connectivity index (χ3v) is 4.96. The topological polar surface area (TPSA) is 44.5 Å². The second-order valence-corrected chi connectivity index (χ2v) is 6.08. The summed E-state index contributed by atoms with van der Waals surface area (Å²) in [6.45, 7) is 0. The molecule has 0 saturated heterocycles. The molecule has 1 aliphatic carbocycles. The van der Waals surface area contributed by atoms with Gasteiger partial charge in [0.05, 0.1) is 14.2 Å². The molecule has 106 valence electrons. The van der Waals surface area contributed by atoms with Crippen molar-refractivity contribution in [1.29, 1.82) is 0 Å². The molecule has 0 saturated carbocycles. The zero-order chi connectivity index (χ0) is 14.1. The van der Waals surface area contributed by atoms with E-state index >= 15 is 0 Å². The van der Waals surface area contributed by atoms with Gasteiger partial charge in [-0.2, -0.15) is 0 Å². The SMILES string of the molecule is COc1cc2c(cc1OC)[C@H](c1cccs1)[C@@H](N)CC2. The van der Waals surface area contributed by atoms with Crippen molar-refractivity contribution < 1.29 is 9.47 Å². The van der Waals surface area contributed by atoms with Crippen molar-refractivity contribution in [2.75, 3.05) is 14.2 Å². The van der Waals surface area contributed by atoms with E-state index in [1.54, 1.807) is 25.6 Å². The van der Waals surface area contributed by atoms with Gasteiger partial charge < -0.3 is 15.2 Å². The van der Waals surface area contributed by atoms with Crippen LogP contribution in [0.4, 0.5) is 0 Å². The van der Waals surface area contributed by atoms with Crippen LogP contribution in [0.5, 0.6) is 11.5 Å². The third kappa shape index (κ3) is 2.19. The number of hydrogen-bond acceptors (Lipinski definition) is 4. The molecule has 3 rings (SSSR count). The number of methoxy groups -OCH3 is 2. The Bertz CT molecular complexity index is 595. The highest BCUT2D eigenvalue weighted by Gasteiger charge is 2.30. The molecule has 0 spiro atoms. The summed E-state index contributed by atoms with van der Waals surface area (Å²) in [6, 6.07) is 8.61. The molecule has 1 heterocycles. The molecule has 0 bridgehead atoms. The van der Waals surface area contributed by atoms with Crippen LogP contribution in [0, 0.1) is 0 Å². The zero-order valence-corrected chi connectivity index (χ0v) is 12.6. The number of fused-ring (bicyclic) bond motifs is 1. The van der Waals surface area contributed by atoms with Crippen LogP contribution in [0.15, 0.2) is 29.6 Å². The maximum atomic E-state index is 6.38. The lowest BCUT2D eigenvalue weighted by molar-refractivity contribution is 0.352. The Morgan fingerprint density at radius 2 is 1.95 bits per heavy atom. The van der Waals surface area contributed by atoms with Gasteiger partial charge in [0.1, 0.15) is 0 Å². The summed E-state index contributed by atoms with van der Waals surface area (Å²) in [5, 5.41) is 2.11. The van der Waals surface area contributed by atoms with Gasteiger partial charge in [0.2, 0.25) is 0 Å². The van der Waals surface area contributed by atoms with E-state index in [4.69, 9.17) is 15.2 Å². The molecule has 2 aromatic rings. The molecule has 0 fully saturated rings. The van der Waals surface area contributed by atoms with Gasteiger partial charge in [-0.15, -0.1) is 11.3 Å². The molecule has 20 heavy (non-hydrogen) atoms. The average molecular weight is 289 g/mol. The molecule has 0 unspecified atom stereocenters. The van der Waals surface area contributed by atoms with Crippen molar-refractivity contribution in [2.45, 2.75) is 24.8 Å². The van der Waals surface area contributed by atoms with E-state index in [1.807, 2.05) is 0 Å². The number of aryl methyl sites for hydroxylation is 1. The lowest BCUT2D eigenvalue weighted by Crippen LogP contribution is -2.33. The van der Waals surface area contributed by atoms with Crippen LogP contribution < -0.4 is 15.2 Å². The minimum atomic E-state index is 0.166. The predicted octanol–water partition coefficient (Wildman–Crippen LogP) is 3.17. The Balaban J connectivity index is 2.12. The molecule has 2 N–H and O–H groups in total. The lowest BCUT2D eigenvalue weighted by Gasteiger charge is -2.31. The standard InChI is InChI=1S/C16H19NO2S/c1-18-13-8-10-5-6-12(17)16(15-4-3-7-20-15)11(10)9-14(13)19-2/h3-4,7-9,12,16H,5-6,17H2,1-2H3/t12-,16-/m0/s1. The summed E-state index contributed by atoms with van der Waals surface area (Å²) in [6.07, 6.45) is 2.00. The van der Waals surface area contributed by atoms with Crippen molar-refractivity contribution in [1.82, 2.24) is 0 Å². The van der Waals surface area contributed by atoms with E-state index in [2.05, 4.69) is 29.6 Å². The summed E-state index contributed by atoms with van der Waals surface area (Å²) in [7, 11) is 3.35. The summed E-state index contributed by atoms with van der Waals surface area (Å²) < 4.78 is 10.8. The van der Waals surface area contributed by atoms with E-state index in [1.165, 1.54) is 16.0 Å². The quantitative estimate of drug-likeness (QED) is 0.944. The van der Waals surface area contributed by atoms with Gasteiger partial charge in [-0.1, -0.05) is 6.07 Å². The van der Waals surface area contributed by atoms with E-state index in [0.29, 0.717) is 0 Å². The number of rotatable bonds is 3. The first-order valence-electron chi connectivity index (χ1n) is 6.78. The first kappa shape index (κ1) is 13.5. The van der Waals surface area contributed by atoms with Crippen molar-refractivity contribution in [3.8, 4) is 11.5 Å². The predicted molar refractivity (Wildman–Crippen MR) is 82.0 cm³/mol. The highest BCUT2D eigenvalue weighted by atomic mass is 32.1. The molecule has 0 radical (unpaired) electrons. The highest BCUT2D eigenvalue weighted by Crippen LogP contribution is 2.42. The molecule has 1 aromatic carbocycles. The molecular weight excluding hydrogens is 270 g/mol. The minimum Gasteiger partial charge on any atom is -0.493 e. The van der Waals surface area contributed by atoms with Gasteiger partial charge in [0, 0.05) is 16.8 Å². The van der Waals surface area contributed by atoms with E-state index in [9.17, 15) is 0 Å². The first-order chi connectivity index (χ1) is 9.74. The van der Waals surface area contributed by atoms with Crippen LogP contribution in [0.3, 0.4) is 0 Å². The lowest BCUT2D eigenvalue weighted by atomic mass is 9.78. The van der Waals surface area contributed by atoms with Gasteiger partial charge in [0.15, 0.2) is 11.5 Å². The van der Waals surface area contributed by atoms with Crippen LogP contribution in [-0.4, -0.2) is 20.3 Å². The van der Waals surface area contributed by atoms with Gasteiger partial charge in [-0.3, -0.25) is 0 Å². The molecule has 3 nitrogen and oxygen atoms in total. The number of nitrogens with two attached hydrogens (primary N) is 1. The number of ether oxygens (including phenoxy) is 2. The maximum absolute atomic E-state index is 6.38. The molecular formula is C16H19NO2S. The van der Waals surface area contributed by atoms with E-state index < -0.39 is 0 Å². The van der Waals surface area contributed by atoms with Crippen molar-refractivity contribution in [3.63, 3.8) is 0 Å². The number of benzene rings is 1. The van der Waals surface area contributed by atoms with E-state index in [-0.39, 0.29) is 12.0 Å². The van der Waals surface area contributed by atoms with Gasteiger partial charge in [-0.05, 0) is 47.5 Å². The molecule has 0 aliphatic heterocycles. The molecule has 4 heteroatoms. The monoisotopic (exact) mass is 289 g/mol. The Labute approximate surface area is 123 Å². The van der Waals surface area contributed by atoms with Crippen molar-refractivity contribution >= 4 is 11.3 Å². The van der Waals surface area contributed by atoms with Crippen LogP contribution >= 0.6 is 11.3 Å². The first-order valence-corrected chi connectivity index (χ1v) is 7.66. The smallest absolute Gasteiger partial charge is 0.161 e. The fourth-order valence-electron chi connectivity index (χ4n) is 2.99. The summed E-state index contributed by atoms with van der Waals surface area (Å²) >= 11 is 1.77. The Kier molecular flexibility index (Phi) is 3.68. The Morgan fingerprint density at radius 3 is 2.60 bits per heavy atom. The summed E-state index contributed by atoms with van der Waals surface area (Å²) in [4.78, 5) is 1.32. The maximum Gasteiger partial charge on any atom is 0.161 e. The van der Waals surface area contributed by atoms with Crippen molar-refractivity contribution in [2.24, 2.45) is 5.73 Å². The molecule has 1 aromatic heterocycles. The van der Waals surface area contributed by atoms with Crippen LogP contribution in [0.1, 0.15) is 28.3 Å². The average Bonchev–Trinajstić information content (AvgIpc) is 2.99. The second-order valence-electron chi connectivity index (χ2n) is 5.10. The fourth-order valence-corrected chi connectivity index (χ4v) is 3.91.